The van der Waals surface area contributed by atoms with E-state index in [2.05, 4.69) is 15.7 Å². The summed E-state index contributed by atoms with van der Waals surface area (Å²) in [7, 11) is 0. The van der Waals surface area contributed by atoms with Crippen molar-refractivity contribution < 1.29 is 31.9 Å². The normalized spacial score (nSPS) is 16.8. The number of anilines is 1. The molecule has 1 aromatic heterocycles. The summed E-state index contributed by atoms with van der Waals surface area (Å²) >= 11 is 0. The second-order valence-electron chi connectivity index (χ2n) is 6.46. The van der Waals surface area contributed by atoms with Gasteiger partial charge in [-0.1, -0.05) is 0 Å². The van der Waals surface area contributed by atoms with E-state index in [1.807, 2.05) is 0 Å². The first kappa shape index (κ1) is 21.9. The maximum Gasteiger partial charge on any atom is 0.435 e. The highest BCUT2D eigenvalue weighted by atomic mass is 19.4. The Kier molecular flexibility index (Phi) is 6.04. The monoisotopic (exact) mass is 441 g/mol. The summed E-state index contributed by atoms with van der Waals surface area (Å²) in [5.41, 5.74) is -2.01. The van der Waals surface area contributed by atoms with Gasteiger partial charge in [-0.2, -0.15) is 18.3 Å². The minimum absolute atomic E-state index is 0.0566. The largest absolute Gasteiger partial charge is 0.435 e. The molecule has 1 aliphatic rings. The Hall–Kier alpha value is -3.77. The molecule has 4 amide bonds. The predicted molar refractivity (Wildman–Crippen MR) is 97.3 cm³/mol. The summed E-state index contributed by atoms with van der Waals surface area (Å²) < 4.78 is 51.8. The van der Waals surface area contributed by atoms with Crippen molar-refractivity contribution in [1.29, 1.82) is 0 Å². The quantitative estimate of drug-likeness (QED) is 0.529. The number of nitrogens with zero attached hydrogens (tertiary/aromatic N) is 3. The summed E-state index contributed by atoms with van der Waals surface area (Å²) in [6, 6.07) is 4.93. The fourth-order valence-corrected chi connectivity index (χ4v) is 2.82. The molecule has 13 heteroatoms. The third-order valence-corrected chi connectivity index (χ3v) is 4.36. The van der Waals surface area contributed by atoms with Gasteiger partial charge in [-0.25, -0.2) is 18.8 Å². The highest BCUT2D eigenvalue weighted by Gasteiger charge is 2.39. The summed E-state index contributed by atoms with van der Waals surface area (Å²) in [6.45, 7) is -0.965. The van der Waals surface area contributed by atoms with E-state index in [9.17, 15) is 36.7 Å². The zero-order chi connectivity index (χ0) is 22.8. The molecule has 164 valence electrons. The number of carbonyl (C=O) groups excluding carboxylic acids is 3. The number of hydrogen-bond donors (Lipinski definition) is 2. The van der Waals surface area contributed by atoms with Gasteiger partial charge in [0.05, 0.1) is 12.2 Å². The third kappa shape index (κ3) is 4.87. The molecule has 2 heterocycles. The number of imide groups is 1. The summed E-state index contributed by atoms with van der Waals surface area (Å²) in [5.74, 6) is -3.57. The van der Waals surface area contributed by atoms with Crippen LogP contribution in [0.1, 0.15) is 5.69 Å². The first-order chi connectivity index (χ1) is 14.6. The van der Waals surface area contributed by atoms with Gasteiger partial charge >= 0.3 is 12.2 Å². The number of urea groups is 1. The zero-order valence-electron chi connectivity index (χ0n) is 15.6. The number of rotatable bonds is 5. The Balaban J connectivity index is 1.66. The minimum Gasteiger partial charge on any atom is -0.353 e. The summed E-state index contributed by atoms with van der Waals surface area (Å²) in [4.78, 5) is 49.4. The molecule has 0 radical (unpaired) electrons. The van der Waals surface area contributed by atoms with Gasteiger partial charge in [0.15, 0.2) is 5.69 Å². The van der Waals surface area contributed by atoms with Gasteiger partial charge in [-0.15, -0.1) is 0 Å². The minimum atomic E-state index is -4.74. The molecule has 1 atom stereocenters. The van der Waals surface area contributed by atoms with Crippen molar-refractivity contribution in [3.8, 4) is 0 Å². The van der Waals surface area contributed by atoms with E-state index < -0.39 is 47.0 Å². The predicted octanol–water partition coefficient (Wildman–Crippen LogP) is 0.890. The van der Waals surface area contributed by atoms with Crippen LogP contribution in [0.15, 0.2) is 41.2 Å². The lowest BCUT2D eigenvalue weighted by atomic mass is 10.0. The highest BCUT2D eigenvalue weighted by molar-refractivity contribution is 6.21. The molecule has 1 aliphatic heterocycles. The lowest BCUT2D eigenvalue weighted by Crippen LogP contribution is -2.59. The number of alkyl halides is 3. The third-order valence-electron chi connectivity index (χ3n) is 4.36. The van der Waals surface area contributed by atoms with Gasteiger partial charge in [0.25, 0.3) is 5.56 Å². The number of benzene rings is 1. The average molecular weight is 441 g/mol. The molecule has 1 aromatic carbocycles. The van der Waals surface area contributed by atoms with E-state index in [4.69, 9.17) is 0 Å². The van der Waals surface area contributed by atoms with Crippen LogP contribution >= 0.6 is 0 Å². The van der Waals surface area contributed by atoms with Crippen LogP contribution in [0.3, 0.4) is 0 Å². The topological polar surface area (TPSA) is 113 Å². The molecule has 1 unspecified atom stereocenters. The van der Waals surface area contributed by atoms with Crippen LogP contribution < -0.4 is 21.1 Å². The molecule has 0 saturated carbocycles. The Bertz CT molecular complexity index is 1070. The molecule has 1 saturated heterocycles. The second-order valence-corrected chi connectivity index (χ2v) is 6.46. The Morgan fingerprint density at radius 2 is 1.81 bits per heavy atom. The van der Waals surface area contributed by atoms with Gasteiger partial charge < -0.3 is 10.6 Å². The van der Waals surface area contributed by atoms with Gasteiger partial charge in [0.2, 0.25) is 11.8 Å². The molecule has 2 aromatic rings. The van der Waals surface area contributed by atoms with Gasteiger partial charge in [-0.3, -0.25) is 14.4 Å². The molecule has 1 fully saturated rings. The first-order valence-corrected chi connectivity index (χ1v) is 8.88. The highest BCUT2D eigenvalue weighted by Crippen LogP contribution is 2.26. The Morgan fingerprint density at radius 1 is 1.13 bits per heavy atom. The second kappa shape index (κ2) is 8.53. The van der Waals surface area contributed by atoms with Gasteiger partial charge in [0.1, 0.15) is 11.7 Å². The van der Waals surface area contributed by atoms with E-state index in [0.29, 0.717) is 21.7 Å². The van der Waals surface area contributed by atoms with Crippen molar-refractivity contribution >= 4 is 23.5 Å². The Morgan fingerprint density at radius 3 is 2.45 bits per heavy atom. The maximum atomic E-state index is 13.1. The van der Waals surface area contributed by atoms with Crippen LogP contribution in [-0.4, -0.2) is 40.7 Å². The van der Waals surface area contributed by atoms with Crippen molar-refractivity contribution in [1.82, 2.24) is 20.4 Å². The van der Waals surface area contributed by atoms with E-state index in [1.165, 1.54) is 12.1 Å². The van der Waals surface area contributed by atoms with Crippen LogP contribution in [0.2, 0.25) is 0 Å². The number of carbonyl (C=O) groups is 3. The number of nitrogens with one attached hydrogen (secondary N) is 2. The van der Waals surface area contributed by atoms with E-state index in [-0.39, 0.29) is 25.3 Å². The molecule has 0 spiro atoms. The number of aromatic nitrogens is 2. The van der Waals surface area contributed by atoms with Crippen LogP contribution in [0.25, 0.3) is 0 Å². The standard InChI is InChI=1S/C18H15F4N5O4/c19-10-1-3-11(4-2-10)27-16(30)12(9-24-17(27)31)15(29)23-7-8-26-14(28)6-5-13(25-26)18(20,21)22/h1-6,12H,7-9H2,(H,23,29)(H,24,31). The van der Waals surface area contributed by atoms with Crippen LogP contribution in [0, 0.1) is 11.7 Å². The van der Waals surface area contributed by atoms with Gasteiger partial charge in [-0.05, 0) is 30.3 Å². The van der Waals surface area contributed by atoms with Gasteiger partial charge in [0, 0.05) is 19.2 Å². The SMILES string of the molecule is O=C(NCCn1nc(C(F)(F)F)ccc1=O)C1CNC(=O)N(c2ccc(F)cc2)C1=O. The molecule has 31 heavy (non-hydrogen) atoms. The van der Waals surface area contributed by atoms with E-state index in [1.54, 1.807) is 0 Å². The van der Waals surface area contributed by atoms with Crippen LogP contribution in [0.5, 0.6) is 0 Å². The first-order valence-electron chi connectivity index (χ1n) is 8.88. The molecule has 0 aliphatic carbocycles. The molecule has 9 nitrogen and oxygen atoms in total. The average Bonchev–Trinajstić information content (AvgIpc) is 2.70. The van der Waals surface area contributed by atoms with Crippen LogP contribution in [-0.2, 0) is 22.3 Å². The number of halogens is 4. The lowest BCUT2D eigenvalue weighted by molar-refractivity contribution is -0.142. The summed E-state index contributed by atoms with van der Waals surface area (Å²) in [5, 5.41) is 7.90. The lowest BCUT2D eigenvalue weighted by Gasteiger charge is -2.30. The maximum absolute atomic E-state index is 13.1. The molecule has 3 rings (SSSR count). The van der Waals surface area contributed by atoms with E-state index in [0.717, 1.165) is 12.1 Å². The molecule has 0 bridgehead atoms. The fraction of sp³-hybridized carbons (Fsp3) is 0.278. The summed E-state index contributed by atoms with van der Waals surface area (Å²) in [6.07, 6.45) is -4.74. The zero-order valence-corrected chi connectivity index (χ0v) is 15.6. The molecular weight excluding hydrogens is 426 g/mol. The molecule has 2 N–H and O–H groups in total. The van der Waals surface area contributed by atoms with Crippen molar-refractivity contribution in [2.24, 2.45) is 5.92 Å². The van der Waals surface area contributed by atoms with E-state index >= 15 is 0 Å². The smallest absolute Gasteiger partial charge is 0.353 e. The van der Waals surface area contributed by atoms with Crippen molar-refractivity contribution in [2.75, 3.05) is 18.0 Å². The number of amides is 4. The van der Waals surface area contributed by atoms with Crippen molar-refractivity contribution in [3.63, 3.8) is 0 Å². The Labute approximate surface area is 171 Å². The molecular formula is C18H15F4N5O4. The van der Waals surface area contributed by atoms with Crippen LogP contribution in [0.4, 0.5) is 28.0 Å². The van der Waals surface area contributed by atoms with Crippen molar-refractivity contribution in [3.05, 3.63) is 58.3 Å². The number of hydrogen-bond acceptors (Lipinski definition) is 5. The fourth-order valence-electron chi connectivity index (χ4n) is 2.82. The van der Waals surface area contributed by atoms with Crippen molar-refractivity contribution in [2.45, 2.75) is 12.7 Å².